The molecule has 0 unspecified atom stereocenters. The van der Waals surface area contributed by atoms with E-state index in [2.05, 4.69) is 9.97 Å². The van der Waals surface area contributed by atoms with Gasteiger partial charge < -0.3 is 19.9 Å². The number of aromatic nitrogens is 3. The lowest BCUT2D eigenvalue weighted by Crippen LogP contribution is -2.12. The second-order valence-corrected chi connectivity index (χ2v) is 5.27. The predicted molar refractivity (Wildman–Crippen MR) is 84.4 cm³/mol. The van der Waals surface area contributed by atoms with Gasteiger partial charge in [0.05, 0.1) is 29.1 Å². The minimum Gasteiger partial charge on any atom is -0.495 e. The number of aromatic amines is 1. The number of nitrogens with one attached hydrogen (secondary N) is 1. The third-order valence-corrected chi connectivity index (χ3v) is 4.04. The van der Waals surface area contributed by atoms with Gasteiger partial charge in [0.15, 0.2) is 0 Å². The molecular weight excluding hydrogens is 280 g/mol. The maximum absolute atomic E-state index is 11.8. The lowest BCUT2D eigenvalue weighted by atomic mass is 10.1. The second-order valence-electron chi connectivity index (χ2n) is 5.27. The molecule has 1 aromatic carbocycles. The fourth-order valence-corrected chi connectivity index (χ4v) is 3.04. The number of nitrogens with zero attached hydrogens (tertiary/aromatic N) is 2. The average molecular weight is 294 g/mol. The highest BCUT2D eigenvalue weighted by Gasteiger charge is 2.19. The van der Waals surface area contributed by atoms with Crippen molar-refractivity contribution in [2.75, 3.05) is 7.11 Å². The number of benzene rings is 1. The van der Waals surface area contributed by atoms with E-state index in [4.69, 9.17) is 10.5 Å². The fourth-order valence-electron chi connectivity index (χ4n) is 3.04. The summed E-state index contributed by atoms with van der Waals surface area (Å²) < 4.78 is 7.25. The summed E-state index contributed by atoms with van der Waals surface area (Å²) >= 11 is 0. The van der Waals surface area contributed by atoms with E-state index < -0.39 is 5.91 Å². The number of imidazole rings is 1. The highest BCUT2D eigenvalue weighted by atomic mass is 16.5. The topological polar surface area (TPSA) is 85.4 Å². The predicted octanol–water partition coefficient (Wildman–Crippen LogP) is 2.38. The Balaban J connectivity index is 2.36. The molecule has 3 N–H and O–H groups in total. The lowest BCUT2D eigenvalue weighted by Gasteiger charge is -2.04. The Morgan fingerprint density at radius 3 is 2.86 bits per heavy atom. The molecule has 3 heterocycles. The molecule has 0 aliphatic carbocycles. The summed E-state index contributed by atoms with van der Waals surface area (Å²) in [7, 11) is 1.62. The Hall–Kier alpha value is -3.02. The number of amides is 1. The Morgan fingerprint density at radius 1 is 1.32 bits per heavy atom. The van der Waals surface area contributed by atoms with Crippen LogP contribution in [-0.2, 0) is 0 Å². The molecule has 6 nitrogen and oxygen atoms in total. The molecular formula is C16H14N4O2. The van der Waals surface area contributed by atoms with Crippen molar-refractivity contribution in [1.29, 1.82) is 0 Å². The van der Waals surface area contributed by atoms with Gasteiger partial charge in [-0.3, -0.25) is 4.79 Å². The van der Waals surface area contributed by atoms with Gasteiger partial charge >= 0.3 is 0 Å². The molecule has 0 radical (unpaired) electrons. The first kappa shape index (κ1) is 12.7. The van der Waals surface area contributed by atoms with Crippen molar-refractivity contribution < 1.29 is 9.53 Å². The highest BCUT2D eigenvalue weighted by molar-refractivity contribution is 6.21. The van der Waals surface area contributed by atoms with Crippen molar-refractivity contribution in [3.8, 4) is 5.75 Å². The number of primary amides is 1. The number of fused-ring (bicyclic) bond motifs is 5. The molecule has 22 heavy (non-hydrogen) atoms. The first-order valence-corrected chi connectivity index (χ1v) is 6.86. The van der Waals surface area contributed by atoms with Crippen LogP contribution in [-0.4, -0.2) is 27.4 Å². The molecule has 1 amide bonds. The summed E-state index contributed by atoms with van der Waals surface area (Å²) in [5.41, 5.74) is 9.36. The van der Waals surface area contributed by atoms with Gasteiger partial charge in [-0.1, -0.05) is 6.07 Å². The number of rotatable bonds is 2. The molecule has 110 valence electrons. The van der Waals surface area contributed by atoms with Crippen LogP contribution in [0.1, 0.15) is 15.9 Å². The first-order chi connectivity index (χ1) is 10.6. The number of carbonyl (C=O) groups excluding carboxylic acids is 1. The van der Waals surface area contributed by atoms with Crippen LogP contribution in [0.25, 0.3) is 27.5 Å². The van der Waals surface area contributed by atoms with Crippen LogP contribution in [0.15, 0.2) is 30.7 Å². The van der Waals surface area contributed by atoms with E-state index in [9.17, 15) is 4.79 Å². The van der Waals surface area contributed by atoms with Gasteiger partial charge in [0.1, 0.15) is 11.4 Å². The van der Waals surface area contributed by atoms with E-state index in [0.717, 1.165) is 33.2 Å². The highest BCUT2D eigenvalue weighted by Crippen LogP contribution is 2.37. The Kier molecular flexibility index (Phi) is 2.45. The number of pyridine rings is 1. The van der Waals surface area contributed by atoms with Crippen LogP contribution >= 0.6 is 0 Å². The van der Waals surface area contributed by atoms with Crippen LogP contribution in [0.5, 0.6) is 5.75 Å². The monoisotopic (exact) mass is 294 g/mol. The SMILES string of the molecule is COc1ccc(C)c2c1[nH]c1c(C(N)=O)cn3ccnc3c12. The molecule has 0 atom stereocenters. The smallest absolute Gasteiger partial charge is 0.252 e. The van der Waals surface area contributed by atoms with Crippen molar-refractivity contribution in [2.45, 2.75) is 6.92 Å². The number of hydrogen-bond donors (Lipinski definition) is 2. The van der Waals surface area contributed by atoms with E-state index in [1.165, 1.54) is 0 Å². The van der Waals surface area contributed by atoms with Crippen LogP contribution in [0, 0.1) is 6.92 Å². The number of nitrogens with two attached hydrogens (primary N) is 1. The summed E-state index contributed by atoms with van der Waals surface area (Å²) in [4.78, 5) is 19.5. The van der Waals surface area contributed by atoms with Gasteiger partial charge in [-0.15, -0.1) is 0 Å². The summed E-state index contributed by atoms with van der Waals surface area (Å²) in [6.45, 7) is 2.02. The van der Waals surface area contributed by atoms with Gasteiger partial charge in [-0.2, -0.15) is 0 Å². The molecule has 4 rings (SSSR count). The van der Waals surface area contributed by atoms with Crippen molar-refractivity contribution in [3.63, 3.8) is 0 Å². The number of hydrogen-bond acceptors (Lipinski definition) is 3. The molecule has 0 spiro atoms. The normalized spacial score (nSPS) is 11.5. The molecule has 3 aromatic heterocycles. The van der Waals surface area contributed by atoms with Crippen LogP contribution in [0.4, 0.5) is 0 Å². The minimum atomic E-state index is -0.483. The van der Waals surface area contributed by atoms with Crippen LogP contribution < -0.4 is 10.5 Å². The number of aryl methyl sites for hydroxylation is 1. The first-order valence-electron chi connectivity index (χ1n) is 6.86. The van der Waals surface area contributed by atoms with Gasteiger partial charge in [0, 0.05) is 24.0 Å². The van der Waals surface area contributed by atoms with E-state index in [-0.39, 0.29) is 0 Å². The summed E-state index contributed by atoms with van der Waals surface area (Å²) in [6.07, 6.45) is 5.20. The molecule has 0 aliphatic heterocycles. The van der Waals surface area contributed by atoms with Crippen molar-refractivity contribution in [1.82, 2.24) is 14.4 Å². The number of H-pyrrole nitrogens is 1. The Morgan fingerprint density at radius 2 is 2.14 bits per heavy atom. The molecule has 0 fully saturated rings. The van der Waals surface area contributed by atoms with E-state index in [1.807, 2.05) is 23.5 Å². The quantitative estimate of drug-likeness (QED) is 0.595. The summed E-state index contributed by atoms with van der Waals surface area (Å²) in [5.74, 6) is 0.237. The van der Waals surface area contributed by atoms with Crippen LogP contribution in [0.3, 0.4) is 0 Å². The molecule has 4 aromatic rings. The fraction of sp³-hybridized carbons (Fsp3) is 0.125. The van der Waals surface area contributed by atoms with Crippen molar-refractivity contribution in [2.24, 2.45) is 5.73 Å². The van der Waals surface area contributed by atoms with Crippen molar-refractivity contribution >= 4 is 33.4 Å². The summed E-state index contributed by atoms with van der Waals surface area (Å²) in [6, 6.07) is 3.89. The Labute approximate surface area is 125 Å². The van der Waals surface area contributed by atoms with E-state index >= 15 is 0 Å². The zero-order chi connectivity index (χ0) is 15.4. The lowest BCUT2D eigenvalue weighted by molar-refractivity contribution is 0.100. The second kappa shape index (κ2) is 4.24. The largest absolute Gasteiger partial charge is 0.495 e. The molecule has 6 heteroatoms. The van der Waals surface area contributed by atoms with Gasteiger partial charge in [-0.25, -0.2) is 4.98 Å². The van der Waals surface area contributed by atoms with E-state index in [0.29, 0.717) is 11.1 Å². The Bertz CT molecular complexity index is 1060. The van der Waals surface area contributed by atoms with Gasteiger partial charge in [0.25, 0.3) is 5.91 Å². The zero-order valence-corrected chi connectivity index (χ0v) is 12.2. The molecule has 0 saturated carbocycles. The number of methoxy groups -OCH3 is 1. The molecule has 0 aliphatic rings. The third kappa shape index (κ3) is 1.49. The molecule has 0 saturated heterocycles. The van der Waals surface area contributed by atoms with Gasteiger partial charge in [0.2, 0.25) is 0 Å². The van der Waals surface area contributed by atoms with Crippen LogP contribution in [0.2, 0.25) is 0 Å². The van der Waals surface area contributed by atoms with E-state index in [1.54, 1.807) is 25.7 Å². The minimum absolute atomic E-state index is 0.429. The maximum Gasteiger partial charge on any atom is 0.252 e. The third-order valence-electron chi connectivity index (χ3n) is 4.04. The number of ether oxygens (including phenoxy) is 1. The zero-order valence-electron chi connectivity index (χ0n) is 12.2. The van der Waals surface area contributed by atoms with Gasteiger partial charge in [-0.05, 0) is 18.6 Å². The van der Waals surface area contributed by atoms with Crippen molar-refractivity contribution in [3.05, 3.63) is 41.9 Å². The molecule has 0 bridgehead atoms. The average Bonchev–Trinajstić information content (AvgIpc) is 3.10. The summed E-state index contributed by atoms with van der Waals surface area (Å²) in [5, 5.41) is 1.88. The maximum atomic E-state index is 11.8. The standard InChI is InChI=1S/C16H14N4O2/c1-8-3-4-10(22-2)14-11(8)12-13(19-14)9(15(17)21)7-20-6-5-18-16(12)20/h3-7,19H,1-2H3,(H2,17,21). The number of carbonyl (C=O) groups is 1.